The maximum absolute atomic E-state index is 13.5. The molecule has 1 aromatic heterocycles. The van der Waals surface area contributed by atoms with E-state index in [1.165, 1.54) is 12.1 Å². The van der Waals surface area contributed by atoms with E-state index in [2.05, 4.69) is 9.97 Å². The molecule has 0 spiro atoms. The van der Waals surface area contributed by atoms with Gasteiger partial charge in [0.25, 0.3) is 5.56 Å². The zero-order chi connectivity index (χ0) is 13.8. The topological polar surface area (TPSA) is 81.0 Å². The van der Waals surface area contributed by atoms with E-state index >= 15 is 0 Å². The summed E-state index contributed by atoms with van der Waals surface area (Å²) in [6.07, 6.45) is 0.576. The van der Waals surface area contributed by atoms with Gasteiger partial charge in [-0.25, -0.2) is 4.39 Å². The summed E-state index contributed by atoms with van der Waals surface area (Å²) < 4.78 is 18.9. The Hall–Kier alpha value is -2.21. The third-order valence-electron chi connectivity index (χ3n) is 2.57. The number of hydrogen-bond donors (Lipinski definition) is 2. The first-order chi connectivity index (χ1) is 9.12. The Morgan fingerprint density at radius 2 is 2.21 bits per heavy atom. The van der Waals surface area contributed by atoms with E-state index in [1.54, 1.807) is 12.1 Å². The smallest absolute Gasteiger partial charge is 0.254 e. The Kier molecular flexibility index (Phi) is 3.91. The van der Waals surface area contributed by atoms with Gasteiger partial charge in [0, 0.05) is 24.6 Å². The van der Waals surface area contributed by atoms with Gasteiger partial charge in [0.05, 0.1) is 6.07 Å². The summed E-state index contributed by atoms with van der Waals surface area (Å²) in [7, 11) is 0. The Morgan fingerprint density at radius 3 is 2.84 bits per heavy atom. The van der Waals surface area contributed by atoms with Crippen LogP contribution in [0.1, 0.15) is 18.3 Å². The molecule has 0 bridgehead atoms. The molecule has 1 aromatic carbocycles. The monoisotopic (exact) mass is 263 g/mol. The van der Waals surface area contributed by atoms with Crippen LogP contribution in [-0.4, -0.2) is 9.97 Å². The predicted molar refractivity (Wildman–Crippen MR) is 68.6 cm³/mol. The quantitative estimate of drug-likeness (QED) is 0.880. The Balaban J connectivity index is 2.28. The minimum Gasteiger partial charge on any atom is -0.439 e. The van der Waals surface area contributed by atoms with Crippen LogP contribution in [0, 0.1) is 5.82 Å². The highest BCUT2D eigenvalue weighted by Crippen LogP contribution is 2.21. The van der Waals surface area contributed by atoms with Crippen molar-refractivity contribution in [2.75, 3.05) is 0 Å². The summed E-state index contributed by atoms with van der Waals surface area (Å²) in [5.74, 6) is 0.484. The molecule has 0 radical (unpaired) electrons. The van der Waals surface area contributed by atoms with Gasteiger partial charge in [0.2, 0.25) is 5.88 Å². The average molecular weight is 263 g/mol. The van der Waals surface area contributed by atoms with Crippen molar-refractivity contribution in [2.24, 2.45) is 5.73 Å². The maximum Gasteiger partial charge on any atom is 0.254 e. The van der Waals surface area contributed by atoms with Gasteiger partial charge in [-0.1, -0.05) is 13.0 Å². The van der Waals surface area contributed by atoms with E-state index in [0.29, 0.717) is 17.8 Å². The van der Waals surface area contributed by atoms with Gasteiger partial charge in [-0.3, -0.25) is 4.79 Å². The molecule has 0 fully saturated rings. The highest BCUT2D eigenvalue weighted by Gasteiger charge is 2.06. The molecule has 6 heteroatoms. The van der Waals surface area contributed by atoms with E-state index in [1.807, 2.05) is 6.92 Å². The van der Waals surface area contributed by atoms with E-state index in [9.17, 15) is 9.18 Å². The summed E-state index contributed by atoms with van der Waals surface area (Å²) in [6, 6.07) is 5.56. The number of ether oxygens (including phenoxy) is 1. The number of nitrogens with two attached hydrogens (primary N) is 1. The van der Waals surface area contributed by atoms with Gasteiger partial charge in [0.1, 0.15) is 17.4 Å². The van der Waals surface area contributed by atoms with E-state index < -0.39 is 5.82 Å². The molecule has 1 heterocycles. The van der Waals surface area contributed by atoms with Crippen molar-refractivity contribution in [1.29, 1.82) is 0 Å². The largest absolute Gasteiger partial charge is 0.439 e. The number of nitrogens with one attached hydrogen (secondary N) is 1. The van der Waals surface area contributed by atoms with Gasteiger partial charge in [-0.15, -0.1) is 0 Å². The first kappa shape index (κ1) is 13.2. The molecule has 100 valence electrons. The molecular weight excluding hydrogens is 249 g/mol. The molecule has 0 amide bonds. The SMILES string of the molecule is CCc1nc(Oc2ccc(CN)c(F)c2)cc(=O)[nH]1. The third-order valence-corrected chi connectivity index (χ3v) is 2.57. The van der Waals surface area contributed by atoms with Crippen LogP contribution in [-0.2, 0) is 13.0 Å². The fourth-order valence-corrected chi connectivity index (χ4v) is 1.58. The lowest BCUT2D eigenvalue weighted by Gasteiger charge is -2.07. The highest BCUT2D eigenvalue weighted by molar-refractivity contribution is 5.31. The van der Waals surface area contributed by atoms with Crippen LogP contribution in [0.25, 0.3) is 0 Å². The average Bonchev–Trinajstić information content (AvgIpc) is 2.38. The third kappa shape index (κ3) is 3.17. The maximum atomic E-state index is 13.5. The van der Waals surface area contributed by atoms with Crippen molar-refractivity contribution in [3.05, 3.63) is 51.8 Å². The molecule has 0 unspecified atom stereocenters. The van der Waals surface area contributed by atoms with Crippen molar-refractivity contribution in [1.82, 2.24) is 9.97 Å². The van der Waals surface area contributed by atoms with Gasteiger partial charge in [-0.05, 0) is 6.07 Å². The van der Waals surface area contributed by atoms with Gasteiger partial charge in [0.15, 0.2) is 0 Å². The number of benzene rings is 1. The lowest BCUT2D eigenvalue weighted by atomic mass is 10.2. The Bertz CT molecular complexity index is 640. The normalized spacial score (nSPS) is 10.5. The highest BCUT2D eigenvalue weighted by atomic mass is 19.1. The van der Waals surface area contributed by atoms with Crippen LogP contribution in [0.5, 0.6) is 11.6 Å². The second-order valence-corrected chi connectivity index (χ2v) is 3.94. The van der Waals surface area contributed by atoms with Crippen molar-refractivity contribution >= 4 is 0 Å². The van der Waals surface area contributed by atoms with Crippen molar-refractivity contribution in [2.45, 2.75) is 19.9 Å². The summed E-state index contributed by atoms with van der Waals surface area (Å²) >= 11 is 0. The molecule has 0 saturated heterocycles. The molecule has 19 heavy (non-hydrogen) atoms. The summed E-state index contributed by atoms with van der Waals surface area (Å²) in [5.41, 5.74) is 5.47. The molecule has 3 N–H and O–H groups in total. The number of hydrogen-bond acceptors (Lipinski definition) is 4. The van der Waals surface area contributed by atoms with Crippen LogP contribution in [0.15, 0.2) is 29.1 Å². The molecule has 0 saturated carbocycles. The summed E-state index contributed by atoms with van der Waals surface area (Å²) in [6.45, 7) is 1.98. The molecule has 0 aliphatic carbocycles. The minimum atomic E-state index is -0.444. The number of halogens is 1. The number of rotatable bonds is 4. The van der Waals surface area contributed by atoms with Gasteiger partial charge in [-0.2, -0.15) is 4.98 Å². The number of aryl methyl sites for hydroxylation is 1. The van der Waals surface area contributed by atoms with E-state index in [-0.39, 0.29) is 23.7 Å². The zero-order valence-electron chi connectivity index (χ0n) is 10.4. The summed E-state index contributed by atoms with van der Waals surface area (Å²) in [4.78, 5) is 18.0. The molecule has 5 nitrogen and oxygen atoms in total. The standard InChI is InChI=1S/C13H14FN3O2/c1-2-11-16-12(18)6-13(17-11)19-9-4-3-8(7-15)10(14)5-9/h3-6H,2,7,15H2,1H3,(H,16,17,18). The summed E-state index contributed by atoms with van der Waals surface area (Å²) in [5, 5.41) is 0. The Labute approximate surface area is 109 Å². The van der Waals surface area contributed by atoms with Crippen molar-refractivity contribution < 1.29 is 9.13 Å². The van der Waals surface area contributed by atoms with Crippen LogP contribution < -0.4 is 16.0 Å². The predicted octanol–water partition coefficient (Wildman–Crippen LogP) is 1.72. The number of nitrogens with zero attached hydrogens (tertiary/aromatic N) is 1. The fourth-order valence-electron chi connectivity index (χ4n) is 1.58. The first-order valence-electron chi connectivity index (χ1n) is 5.89. The fraction of sp³-hybridized carbons (Fsp3) is 0.231. The van der Waals surface area contributed by atoms with Crippen molar-refractivity contribution in [3.8, 4) is 11.6 Å². The van der Waals surface area contributed by atoms with Gasteiger partial charge < -0.3 is 15.5 Å². The van der Waals surface area contributed by atoms with E-state index in [0.717, 1.165) is 0 Å². The Morgan fingerprint density at radius 1 is 1.42 bits per heavy atom. The lowest BCUT2D eigenvalue weighted by molar-refractivity contribution is 0.452. The van der Waals surface area contributed by atoms with Crippen LogP contribution in [0.3, 0.4) is 0 Å². The van der Waals surface area contributed by atoms with Crippen molar-refractivity contribution in [3.63, 3.8) is 0 Å². The molecule has 0 aliphatic rings. The zero-order valence-corrected chi connectivity index (χ0v) is 10.4. The molecular formula is C13H14FN3O2. The van der Waals surface area contributed by atoms with Crippen LogP contribution >= 0.6 is 0 Å². The van der Waals surface area contributed by atoms with E-state index in [4.69, 9.17) is 10.5 Å². The second kappa shape index (κ2) is 5.62. The molecule has 0 atom stereocenters. The molecule has 2 rings (SSSR count). The minimum absolute atomic E-state index is 0.120. The molecule has 0 aliphatic heterocycles. The number of aromatic nitrogens is 2. The number of H-pyrrole nitrogens is 1. The second-order valence-electron chi connectivity index (χ2n) is 3.94. The first-order valence-corrected chi connectivity index (χ1v) is 5.89. The van der Waals surface area contributed by atoms with Crippen LogP contribution in [0.2, 0.25) is 0 Å². The van der Waals surface area contributed by atoms with Gasteiger partial charge >= 0.3 is 0 Å². The van der Waals surface area contributed by atoms with Crippen LogP contribution in [0.4, 0.5) is 4.39 Å². The molecule has 2 aromatic rings. The number of aromatic amines is 1. The lowest BCUT2D eigenvalue weighted by Crippen LogP contribution is -2.10.